The number of hydrogen-bond acceptors (Lipinski definition) is 4. The Hall–Kier alpha value is -1.60. The molecule has 1 aromatic rings. The lowest BCUT2D eigenvalue weighted by Crippen LogP contribution is -2.22. The molecule has 14 heavy (non-hydrogen) atoms. The van der Waals surface area contributed by atoms with Gasteiger partial charge in [0.15, 0.2) is 0 Å². The number of likely N-dealkylation sites (N-methyl/N-ethyl adjacent to an activating group) is 1. The highest BCUT2D eigenvalue weighted by Gasteiger charge is 1.99. The summed E-state index contributed by atoms with van der Waals surface area (Å²) in [6.07, 6.45) is 1.68. The first kappa shape index (κ1) is 10.5. The summed E-state index contributed by atoms with van der Waals surface area (Å²) in [5.41, 5.74) is 0.587. The van der Waals surface area contributed by atoms with Crippen LogP contribution in [0.15, 0.2) is 18.3 Å². The Bertz CT molecular complexity index is 316. The average Bonchev–Trinajstić information content (AvgIpc) is 2.25. The number of rotatable bonds is 5. The van der Waals surface area contributed by atoms with Gasteiger partial charge in [-0.05, 0) is 18.7 Å². The van der Waals surface area contributed by atoms with Crippen LogP contribution in [0.25, 0.3) is 0 Å². The SMILES string of the molecule is CCNCCNc1ncccc1C#N. The lowest BCUT2D eigenvalue weighted by atomic mass is 10.3. The van der Waals surface area contributed by atoms with Crippen LogP contribution in [0.3, 0.4) is 0 Å². The lowest BCUT2D eigenvalue weighted by Gasteiger charge is -2.06. The van der Waals surface area contributed by atoms with Gasteiger partial charge in [-0.2, -0.15) is 5.26 Å². The number of nitrogens with zero attached hydrogens (tertiary/aromatic N) is 2. The summed E-state index contributed by atoms with van der Waals surface area (Å²) in [7, 11) is 0. The van der Waals surface area contributed by atoms with Gasteiger partial charge in [0.2, 0.25) is 0 Å². The van der Waals surface area contributed by atoms with E-state index in [2.05, 4.69) is 28.6 Å². The first-order valence-corrected chi connectivity index (χ1v) is 4.68. The first-order chi connectivity index (χ1) is 6.88. The number of aromatic nitrogens is 1. The van der Waals surface area contributed by atoms with E-state index in [9.17, 15) is 0 Å². The number of pyridine rings is 1. The number of hydrogen-bond donors (Lipinski definition) is 2. The van der Waals surface area contributed by atoms with E-state index in [0.29, 0.717) is 11.4 Å². The molecule has 0 aliphatic heterocycles. The molecule has 0 saturated carbocycles. The van der Waals surface area contributed by atoms with Crippen LogP contribution in [0.4, 0.5) is 5.82 Å². The molecule has 4 heteroatoms. The molecule has 74 valence electrons. The van der Waals surface area contributed by atoms with Crippen LogP contribution in [0.2, 0.25) is 0 Å². The summed E-state index contributed by atoms with van der Waals surface area (Å²) >= 11 is 0. The van der Waals surface area contributed by atoms with E-state index >= 15 is 0 Å². The second-order valence-electron chi connectivity index (χ2n) is 2.79. The zero-order valence-corrected chi connectivity index (χ0v) is 8.25. The monoisotopic (exact) mass is 190 g/mol. The van der Waals surface area contributed by atoms with Gasteiger partial charge in [0.05, 0.1) is 5.56 Å². The third kappa shape index (κ3) is 3.04. The Morgan fingerprint density at radius 1 is 1.50 bits per heavy atom. The second kappa shape index (κ2) is 5.95. The molecule has 1 heterocycles. The fraction of sp³-hybridized carbons (Fsp3) is 0.400. The van der Waals surface area contributed by atoms with Crippen LogP contribution >= 0.6 is 0 Å². The average molecular weight is 190 g/mol. The number of nitriles is 1. The fourth-order valence-electron chi connectivity index (χ4n) is 1.08. The van der Waals surface area contributed by atoms with Crippen molar-refractivity contribution in [2.45, 2.75) is 6.92 Å². The minimum absolute atomic E-state index is 0.587. The van der Waals surface area contributed by atoms with E-state index in [-0.39, 0.29) is 0 Å². The number of nitrogens with one attached hydrogen (secondary N) is 2. The summed E-state index contributed by atoms with van der Waals surface area (Å²) in [5.74, 6) is 0.660. The standard InChI is InChI=1S/C10H14N4/c1-2-12-6-7-14-10-9(8-11)4-3-5-13-10/h3-5,12H,2,6-7H2,1H3,(H,13,14). The van der Waals surface area contributed by atoms with Crippen molar-refractivity contribution in [2.75, 3.05) is 25.0 Å². The van der Waals surface area contributed by atoms with E-state index in [0.717, 1.165) is 19.6 Å². The van der Waals surface area contributed by atoms with Gasteiger partial charge >= 0.3 is 0 Å². The minimum atomic E-state index is 0.587. The van der Waals surface area contributed by atoms with Crippen molar-refractivity contribution >= 4 is 5.82 Å². The van der Waals surface area contributed by atoms with Gasteiger partial charge < -0.3 is 10.6 Å². The first-order valence-electron chi connectivity index (χ1n) is 4.68. The van der Waals surface area contributed by atoms with Crippen molar-refractivity contribution in [3.63, 3.8) is 0 Å². The molecular formula is C10H14N4. The van der Waals surface area contributed by atoms with Crippen molar-refractivity contribution in [3.8, 4) is 6.07 Å². The maximum atomic E-state index is 8.78. The predicted molar refractivity (Wildman–Crippen MR) is 56.0 cm³/mol. The van der Waals surface area contributed by atoms with Crippen molar-refractivity contribution in [1.29, 1.82) is 5.26 Å². The Morgan fingerprint density at radius 2 is 2.36 bits per heavy atom. The Labute approximate surface area is 84.0 Å². The lowest BCUT2D eigenvalue weighted by molar-refractivity contribution is 0.737. The summed E-state index contributed by atoms with van der Waals surface area (Å²) in [5, 5.41) is 15.1. The molecule has 1 rings (SSSR count). The molecule has 0 bridgehead atoms. The molecule has 4 nitrogen and oxygen atoms in total. The number of anilines is 1. The topological polar surface area (TPSA) is 60.7 Å². The maximum Gasteiger partial charge on any atom is 0.143 e. The minimum Gasteiger partial charge on any atom is -0.368 e. The van der Waals surface area contributed by atoms with E-state index in [1.807, 2.05) is 0 Å². The van der Waals surface area contributed by atoms with E-state index in [4.69, 9.17) is 5.26 Å². The smallest absolute Gasteiger partial charge is 0.143 e. The van der Waals surface area contributed by atoms with Gasteiger partial charge in [0.25, 0.3) is 0 Å². The van der Waals surface area contributed by atoms with Gasteiger partial charge in [0, 0.05) is 19.3 Å². The molecule has 0 atom stereocenters. The summed E-state index contributed by atoms with van der Waals surface area (Å²) in [6.45, 7) is 4.66. The molecule has 0 saturated heterocycles. The third-order valence-electron chi connectivity index (χ3n) is 1.77. The molecule has 0 radical (unpaired) electrons. The van der Waals surface area contributed by atoms with E-state index in [1.54, 1.807) is 18.3 Å². The van der Waals surface area contributed by atoms with Gasteiger partial charge in [0.1, 0.15) is 11.9 Å². The zero-order valence-electron chi connectivity index (χ0n) is 8.25. The van der Waals surface area contributed by atoms with Gasteiger partial charge in [-0.3, -0.25) is 0 Å². The molecule has 0 fully saturated rings. The van der Waals surface area contributed by atoms with E-state index in [1.165, 1.54) is 0 Å². The van der Waals surface area contributed by atoms with Crippen molar-refractivity contribution in [1.82, 2.24) is 10.3 Å². The molecule has 0 aliphatic rings. The highest BCUT2D eigenvalue weighted by molar-refractivity contribution is 5.51. The molecule has 0 aliphatic carbocycles. The van der Waals surface area contributed by atoms with Crippen molar-refractivity contribution < 1.29 is 0 Å². The van der Waals surface area contributed by atoms with Gasteiger partial charge in [-0.1, -0.05) is 6.92 Å². The quantitative estimate of drug-likeness (QED) is 0.679. The molecule has 0 amide bonds. The normalized spacial score (nSPS) is 9.43. The second-order valence-corrected chi connectivity index (χ2v) is 2.79. The Morgan fingerprint density at radius 3 is 3.07 bits per heavy atom. The van der Waals surface area contributed by atoms with Crippen molar-refractivity contribution in [3.05, 3.63) is 23.9 Å². The van der Waals surface area contributed by atoms with Crippen LogP contribution in [0, 0.1) is 11.3 Å². The maximum absolute atomic E-state index is 8.78. The van der Waals surface area contributed by atoms with Crippen LogP contribution < -0.4 is 10.6 Å². The largest absolute Gasteiger partial charge is 0.368 e. The predicted octanol–water partition coefficient (Wildman–Crippen LogP) is 0.975. The Kier molecular flexibility index (Phi) is 4.45. The highest BCUT2D eigenvalue weighted by Crippen LogP contribution is 2.08. The van der Waals surface area contributed by atoms with Crippen molar-refractivity contribution in [2.24, 2.45) is 0 Å². The zero-order chi connectivity index (χ0) is 10.2. The molecule has 0 unspecified atom stereocenters. The summed E-state index contributed by atoms with van der Waals surface area (Å²) in [6, 6.07) is 5.60. The molecule has 1 aromatic heterocycles. The molecule has 2 N–H and O–H groups in total. The van der Waals surface area contributed by atoms with Gasteiger partial charge in [-0.25, -0.2) is 4.98 Å². The van der Waals surface area contributed by atoms with Crippen LogP contribution in [0.1, 0.15) is 12.5 Å². The third-order valence-corrected chi connectivity index (χ3v) is 1.77. The highest BCUT2D eigenvalue weighted by atomic mass is 15.0. The molecular weight excluding hydrogens is 176 g/mol. The summed E-state index contributed by atoms with van der Waals surface area (Å²) in [4.78, 5) is 4.09. The Balaban J connectivity index is 2.46. The molecule has 0 aromatic carbocycles. The van der Waals surface area contributed by atoms with Crippen LogP contribution in [-0.2, 0) is 0 Å². The fourth-order valence-corrected chi connectivity index (χ4v) is 1.08. The van der Waals surface area contributed by atoms with E-state index < -0.39 is 0 Å². The van der Waals surface area contributed by atoms with Gasteiger partial charge in [-0.15, -0.1) is 0 Å². The van der Waals surface area contributed by atoms with Crippen LogP contribution in [0.5, 0.6) is 0 Å². The molecule has 0 spiro atoms. The summed E-state index contributed by atoms with van der Waals surface area (Å²) < 4.78 is 0. The van der Waals surface area contributed by atoms with Crippen LogP contribution in [-0.4, -0.2) is 24.6 Å².